The van der Waals surface area contributed by atoms with Gasteiger partial charge in [0.15, 0.2) is 0 Å². The Kier molecular flexibility index (Phi) is 11.7. The van der Waals surface area contributed by atoms with Crippen LogP contribution in [0.3, 0.4) is 0 Å². The van der Waals surface area contributed by atoms with Gasteiger partial charge in [0.1, 0.15) is 5.60 Å². The zero-order chi connectivity index (χ0) is 14.6. The number of nitriles is 1. The van der Waals surface area contributed by atoms with Crippen molar-refractivity contribution >= 4 is 6.47 Å². The maximum absolute atomic E-state index is 9.60. The van der Waals surface area contributed by atoms with E-state index in [1.54, 1.807) is 14.0 Å². The fourth-order valence-electron chi connectivity index (χ4n) is 1.04. The second-order valence-corrected chi connectivity index (χ2v) is 5.08. The molecule has 0 aromatic heterocycles. The fraction of sp³-hybridized carbons (Fsp3) is 0.846. The van der Waals surface area contributed by atoms with Crippen molar-refractivity contribution in [2.45, 2.75) is 64.7 Å². The first-order valence-electron chi connectivity index (χ1n) is 6.13. The molecule has 2 atom stereocenters. The molecule has 0 aliphatic carbocycles. The van der Waals surface area contributed by atoms with Crippen LogP contribution in [0.25, 0.3) is 0 Å². The van der Waals surface area contributed by atoms with Crippen molar-refractivity contribution in [2.24, 2.45) is 0 Å². The molecule has 0 spiro atoms. The van der Waals surface area contributed by atoms with E-state index in [1.165, 1.54) is 0 Å². The molecular weight excluding hydrogens is 232 g/mol. The monoisotopic (exact) mass is 258 g/mol. The summed E-state index contributed by atoms with van der Waals surface area (Å²) in [6.07, 6.45) is 2.25. The number of aliphatic hydroxyl groups excluding tert-OH is 1. The second-order valence-electron chi connectivity index (χ2n) is 5.08. The van der Waals surface area contributed by atoms with Gasteiger partial charge in [0.2, 0.25) is 0 Å². The minimum atomic E-state index is -0.318. The number of nitrogens with zero attached hydrogens (tertiary/aromatic N) is 1. The summed E-state index contributed by atoms with van der Waals surface area (Å²) in [7, 11) is 1.77. The summed E-state index contributed by atoms with van der Waals surface area (Å²) in [6, 6.07) is 2.07. The van der Waals surface area contributed by atoms with Crippen molar-refractivity contribution in [1.29, 1.82) is 5.26 Å². The van der Waals surface area contributed by atoms with Gasteiger partial charge in [-0.3, -0.25) is 4.79 Å². The molecule has 0 aliphatic heterocycles. The Hall–Kier alpha value is -1.12. The van der Waals surface area contributed by atoms with Crippen LogP contribution < -0.4 is 5.32 Å². The van der Waals surface area contributed by atoms with Gasteiger partial charge in [-0.2, -0.15) is 5.26 Å². The van der Waals surface area contributed by atoms with Crippen LogP contribution in [0.1, 0.15) is 47.0 Å². The highest BCUT2D eigenvalue weighted by molar-refractivity contribution is 5.37. The van der Waals surface area contributed by atoms with Gasteiger partial charge < -0.3 is 15.2 Å². The Morgan fingerprint density at radius 2 is 2.00 bits per heavy atom. The first-order valence-corrected chi connectivity index (χ1v) is 6.13. The van der Waals surface area contributed by atoms with Crippen molar-refractivity contribution in [3.63, 3.8) is 0 Å². The molecule has 0 bridgehead atoms. The van der Waals surface area contributed by atoms with E-state index in [-0.39, 0.29) is 17.7 Å². The maximum atomic E-state index is 9.60. The first-order chi connectivity index (χ1) is 8.26. The highest BCUT2D eigenvalue weighted by atomic mass is 16.5. The smallest absolute Gasteiger partial charge is 0.293 e. The summed E-state index contributed by atoms with van der Waals surface area (Å²) in [4.78, 5) is 9.60. The molecule has 0 saturated carbocycles. The Labute approximate surface area is 110 Å². The van der Waals surface area contributed by atoms with Crippen LogP contribution in [0.5, 0.6) is 0 Å². The number of rotatable bonds is 6. The normalized spacial score (nSPS) is 13.6. The Morgan fingerprint density at radius 3 is 2.22 bits per heavy atom. The van der Waals surface area contributed by atoms with Crippen LogP contribution in [-0.4, -0.2) is 36.4 Å². The van der Waals surface area contributed by atoms with E-state index >= 15 is 0 Å². The summed E-state index contributed by atoms with van der Waals surface area (Å²) in [5.41, 5.74) is -0.318. The maximum Gasteiger partial charge on any atom is 0.293 e. The third-order valence-corrected chi connectivity index (χ3v) is 2.02. The average molecular weight is 258 g/mol. The first kappa shape index (κ1) is 19.2. The van der Waals surface area contributed by atoms with Gasteiger partial charge in [0, 0.05) is 0 Å². The van der Waals surface area contributed by atoms with Crippen molar-refractivity contribution in [3.05, 3.63) is 0 Å². The zero-order valence-corrected chi connectivity index (χ0v) is 12.1. The number of hydrogen-bond donors (Lipinski definition) is 2. The van der Waals surface area contributed by atoms with Gasteiger partial charge in [-0.15, -0.1) is 0 Å². The lowest BCUT2D eigenvalue weighted by Gasteiger charge is -2.14. The molecule has 2 N–H and O–H groups in total. The summed E-state index contributed by atoms with van der Waals surface area (Å²) >= 11 is 0. The number of aliphatic hydroxyl groups is 1. The molecule has 0 heterocycles. The Balaban J connectivity index is 0. The molecule has 0 amide bonds. The van der Waals surface area contributed by atoms with Gasteiger partial charge in [-0.25, -0.2) is 0 Å². The highest BCUT2D eigenvalue weighted by Crippen LogP contribution is 2.03. The lowest BCUT2D eigenvalue weighted by Crippen LogP contribution is -2.23. The summed E-state index contributed by atoms with van der Waals surface area (Å²) < 4.78 is 4.55. The number of carbonyl (C=O) groups is 1. The molecule has 5 nitrogen and oxygen atoms in total. The van der Waals surface area contributed by atoms with Crippen molar-refractivity contribution < 1.29 is 14.6 Å². The van der Waals surface area contributed by atoms with Gasteiger partial charge in [-0.05, 0) is 54.0 Å². The molecule has 0 radical (unpaired) electrons. The third kappa shape index (κ3) is 17.3. The van der Waals surface area contributed by atoms with E-state index in [1.807, 2.05) is 20.8 Å². The zero-order valence-electron chi connectivity index (χ0n) is 12.1. The quantitative estimate of drug-likeness (QED) is 0.707. The number of nitrogens with one attached hydrogen (secondary N) is 1. The van der Waals surface area contributed by atoms with E-state index in [0.717, 1.165) is 19.3 Å². The predicted molar refractivity (Wildman–Crippen MR) is 70.9 cm³/mol. The van der Waals surface area contributed by atoms with Crippen LogP contribution in [0.2, 0.25) is 0 Å². The van der Waals surface area contributed by atoms with Crippen LogP contribution in [-0.2, 0) is 9.53 Å². The predicted octanol–water partition coefficient (Wildman–Crippen LogP) is 1.61. The van der Waals surface area contributed by atoms with Crippen molar-refractivity contribution in [1.82, 2.24) is 5.32 Å². The molecule has 0 saturated heterocycles. The molecule has 5 heteroatoms. The number of carbonyl (C=O) groups excluding carboxylic acids is 1. The van der Waals surface area contributed by atoms with Crippen LogP contribution >= 0.6 is 0 Å². The van der Waals surface area contributed by atoms with E-state index < -0.39 is 0 Å². The average Bonchev–Trinajstić information content (AvgIpc) is 2.23. The summed E-state index contributed by atoms with van der Waals surface area (Å²) in [6.45, 7) is 7.69. The SMILES string of the molecule is CC(C)(C)OC=O.CNC(C#N)CCCC(C)O. The van der Waals surface area contributed by atoms with E-state index in [4.69, 9.17) is 10.4 Å². The molecule has 0 fully saturated rings. The molecule has 106 valence electrons. The Morgan fingerprint density at radius 1 is 1.44 bits per heavy atom. The summed E-state index contributed by atoms with van der Waals surface area (Å²) in [5.74, 6) is 0. The second kappa shape index (κ2) is 11.0. The van der Waals surface area contributed by atoms with Crippen molar-refractivity contribution in [2.75, 3.05) is 7.05 Å². The molecular formula is C13H26N2O3. The molecule has 0 aromatic rings. The minimum Gasteiger partial charge on any atom is -0.462 e. The standard InChI is InChI=1S/C8H16N2O.C5H10O2/c1-7(11)4-3-5-8(6-9)10-2;1-5(2,3)7-4-6/h7-8,10-11H,3-5H2,1-2H3;4H,1-3H3. The summed E-state index contributed by atoms with van der Waals surface area (Å²) in [5, 5.41) is 20.3. The van der Waals surface area contributed by atoms with Crippen LogP contribution in [0.15, 0.2) is 0 Å². The lowest BCUT2D eigenvalue weighted by molar-refractivity contribution is -0.138. The van der Waals surface area contributed by atoms with Gasteiger partial charge in [-0.1, -0.05) is 0 Å². The topological polar surface area (TPSA) is 82.3 Å². The largest absolute Gasteiger partial charge is 0.462 e. The van der Waals surface area contributed by atoms with Gasteiger partial charge in [0.05, 0.1) is 18.2 Å². The van der Waals surface area contributed by atoms with Crippen LogP contribution in [0, 0.1) is 11.3 Å². The van der Waals surface area contributed by atoms with Crippen molar-refractivity contribution in [3.8, 4) is 6.07 Å². The van der Waals surface area contributed by atoms with E-state index in [0.29, 0.717) is 6.47 Å². The number of ether oxygens (including phenoxy) is 1. The molecule has 2 unspecified atom stereocenters. The number of hydrogen-bond acceptors (Lipinski definition) is 5. The Bertz CT molecular complexity index is 242. The van der Waals surface area contributed by atoms with Crippen LogP contribution in [0.4, 0.5) is 0 Å². The van der Waals surface area contributed by atoms with E-state index in [2.05, 4.69) is 16.1 Å². The molecule has 18 heavy (non-hydrogen) atoms. The molecule has 0 aromatic carbocycles. The van der Waals surface area contributed by atoms with Gasteiger partial charge >= 0.3 is 0 Å². The lowest BCUT2D eigenvalue weighted by atomic mass is 10.1. The molecule has 0 aliphatic rings. The highest BCUT2D eigenvalue weighted by Gasteiger charge is 2.07. The van der Waals surface area contributed by atoms with Gasteiger partial charge in [0.25, 0.3) is 6.47 Å². The molecule has 0 rings (SSSR count). The fourth-order valence-corrected chi connectivity index (χ4v) is 1.04. The van der Waals surface area contributed by atoms with E-state index in [9.17, 15) is 4.79 Å². The third-order valence-electron chi connectivity index (χ3n) is 2.02. The minimum absolute atomic E-state index is 0.0613.